The maximum absolute atomic E-state index is 12.3. The molecule has 36 heavy (non-hydrogen) atoms. The van der Waals surface area contributed by atoms with Crippen molar-refractivity contribution in [3.8, 4) is 34.6 Å². The van der Waals surface area contributed by atoms with Crippen LogP contribution in [0.4, 0.5) is 5.82 Å². The van der Waals surface area contributed by atoms with Gasteiger partial charge in [0.05, 0.1) is 0 Å². The molecule has 2 fully saturated rings. The molecule has 2 heterocycles. The Balaban J connectivity index is 1.36. The average Bonchev–Trinajstić information content (AvgIpc) is 3.56. The summed E-state index contributed by atoms with van der Waals surface area (Å²) < 4.78 is 8.06. The highest BCUT2D eigenvalue weighted by atomic mass is 16.5. The highest BCUT2D eigenvalue weighted by Gasteiger charge is 2.57. The minimum atomic E-state index is -0.220. The van der Waals surface area contributed by atoms with E-state index in [1.54, 1.807) is 13.1 Å². The Bertz CT molecular complexity index is 1500. The number of benzene rings is 2. The van der Waals surface area contributed by atoms with E-state index < -0.39 is 0 Å². The van der Waals surface area contributed by atoms with E-state index in [9.17, 15) is 4.79 Å². The Morgan fingerprint density at radius 2 is 1.78 bits per heavy atom. The molecule has 2 bridgehead atoms. The van der Waals surface area contributed by atoms with Crippen LogP contribution in [-0.2, 0) is 10.2 Å². The number of amides is 1. The molecule has 0 spiro atoms. The lowest BCUT2D eigenvalue weighted by Gasteiger charge is -2.27. The quantitative estimate of drug-likeness (QED) is 0.400. The van der Waals surface area contributed by atoms with Crippen LogP contribution in [0.3, 0.4) is 0 Å². The third kappa shape index (κ3) is 3.66. The molecule has 6 rings (SSSR count). The molecular formula is C29H27N5O2. The Morgan fingerprint density at radius 1 is 1.06 bits per heavy atom. The van der Waals surface area contributed by atoms with Crippen LogP contribution in [0.1, 0.15) is 44.9 Å². The Morgan fingerprint density at radius 3 is 2.50 bits per heavy atom. The summed E-state index contributed by atoms with van der Waals surface area (Å²) in [6, 6.07) is 17.6. The van der Waals surface area contributed by atoms with Crippen molar-refractivity contribution in [1.29, 1.82) is 0 Å². The SMILES string of the molecule is CC#CC(=O)NC12CCC(c3nc(-c4ccc(Oc5ccccc5)cc4)c4c(N)nccn34)(CC1)C2. The molecule has 0 saturated heterocycles. The topological polar surface area (TPSA) is 94.5 Å². The number of carbonyl (C=O) groups is 1. The lowest BCUT2D eigenvalue weighted by atomic mass is 9.83. The number of hydrogen-bond donors (Lipinski definition) is 2. The van der Waals surface area contributed by atoms with Crippen LogP contribution in [0.2, 0.25) is 0 Å². The van der Waals surface area contributed by atoms with Crippen LogP contribution < -0.4 is 15.8 Å². The van der Waals surface area contributed by atoms with Gasteiger partial charge in [-0.25, -0.2) is 9.97 Å². The lowest BCUT2D eigenvalue weighted by molar-refractivity contribution is -0.117. The number of nitrogens with one attached hydrogen (secondary N) is 1. The van der Waals surface area contributed by atoms with Crippen LogP contribution in [0.15, 0.2) is 67.0 Å². The molecule has 2 aliphatic rings. The van der Waals surface area contributed by atoms with Gasteiger partial charge < -0.3 is 15.8 Å². The van der Waals surface area contributed by atoms with Gasteiger partial charge in [0.15, 0.2) is 0 Å². The molecule has 180 valence electrons. The van der Waals surface area contributed by atoms with Crippen molar-refractivity contribution in [3.63, 3.8) is 0 Å². The Labute approximate surface area is 209 Å². The largest absolute Gasteiger partial charge is 0.457 e. The molecule has 0 aliphatic heterocycles. The van der Waals surface area contributed by atoms with Crippen molar-refractivity contribution in [1.82, 2.24) is 19.7 Å². The van der Waals surface area contributed by atoms with Gasteiger partial charge in [-0.1, -0.05) is 24.1 Å². The molecule has 7 nitrogen and oxygen atoms in total. The summed E-state index contributed by atoms with van der Waals surface area (Å²) in [6.07, 6.45) is 8.26. The number of nitrogens with two attached hydrogens (primary N) is 1. The second-order valence-corrected chi connectivity index (χ2v) is 9.82. The first-order valence-electron chi connectivity index (χ1n) is 12.2. The van der Waals surface area contributed by atoms with Gasteiger partial charge in [-0.05, 0) is 81.3 Å². The van der Waals surface area contributed by atoms with Crippen LogP contribution in [0.25, 0.3) is 16.8 Å². The molecule has 2 aromatic carbocycles. The van der Waals surface area contributed by atoms with Gasteiger partial charge in [-0.3, -0.25) is 9.20 Å². The van der Waals surface area contributed by atoms with Crippen LogP contribution >= 0.6 is 0 Å². The standard InChI is InChI=1S/C29H27N5O2/c1-2-6-23(35)33-29-15-13-28(19-29,14-16-29)27-32-24(25-26(30)31-17-18-34(25)27)20-9-11-22(12-10-20)36-21-7-4-3-5-8-21/h3-5,7-12,17-18H,13-16,19H2,1H3,(H2,30,31)(H,33,35). The van der Waals surface area contributed by atoms with Gasteiger partial charge in [-0.2, -0.15) is 0 Å². The summed E-state index contributed by atoms with van der Waals surface area (Å²) in [5, 5.41) is 3.20. The zero-order chi connectivity index (χ0) is 24.8. The monoisotopic (exact) mass is 477 g/mol. The number of para-hydroxylation sites is 1. The molecule has 7 heteroatoms. The molecule has 0 atom stereocenters. The minimum Gasteiger partial charge on any atom is -0.457 e. The number of ether oxygens (including phenoxy) is 1. The number of fused-ring (bicyclic) bond motifs is 3. The predicted octanol–water partition coefficient (Wildman–Crippen LogP) is 4.86. The van der Waals surface area contributed by atoms with E-state index in [1.807, 2.05) is 60.8 Å². The molecule has 2 aliphatic carbocycles. The van der Waals surface area contributed by atoms with Crippen molar-refractivity contribution in [2.24, 2.45) is 0 Å². The minimum absolute atomic E-state index is 0.127. The molecular weight excluding hydrogens is 450 g/mol. The second-order valence-electron chi connectivity index (χ2n) is 9.82. The van der Waals surface area contributed by atoms with E-state index in [0.717, 1.165) is 66.2 Å². The molecule has 3 N–H and O–H groups in total. The lowest BCUT2D eigenvalue weighted by Crippen LogP contribution is -2.44. The first-order chi connectivity index (χ1) is 17.5. The summed E-state index contributed by atoms with van der Waals surface area (Å²) in [5.41, 5.74) is 8.61. The van der Waals surface area contributed by atoms with Crippen molar-refractivity contribution in [2.75, 3.05) is 5.73 Å². The molecule has 0 unspecified atom stereocenters. The van der Waals surface area contributed by atoms with Gasteiger partial charge in [-0.15, -0.1) is 0 Å². The second kappa shape index (κ2) is 8.42. The summed E-state index contributed by atoms with van der Waals surface area (Å²) in [7, 11) is 0. The van der Waals surface area contributed by atoms with E-state index >= 15 is 0 Å². The fourth-order valence-corrected chi connectivity index (χ4v) is 6.01. The fourth-order valence-electron chi connectivity index (χ4n) is 6.01. The number of anilines is 1. The number of imidazole rings is 1. The Kier molecular flexibility index (Phi) is 5.18. The zero-order valence-electron chi connectivity index (χ0n) is 20.1. The van der Waals surface area contributed by atoms with Crippen molar-refractivity contribution >= 4 is 17.2 Å². The first-order valence-corrected chi connectivity index (χ1v) is 12.2. The Hall–Kier alpha value is -4.31. The molecule has 0 radical (unpaired) electrons. The maximum atomic E-state index is 12.3. The van der Waals surface area contributed by atoms with Gasteiger partial charge in [0.1, 0.15) is 34.4 Å². The smallest absolute Gasteiger partial charge is 0.296 e. The molecule has 1 amide bonds. The number of nitrogen functional groups attached to an aromatic ring is 1. The van der Waals surface area contributed by atoms with Crippen LogP contribution in [-0.4, -0.2) is 25.8 Å². The highest BCUT2D eigenvalue weighted by molar-refractivity contribution is 5.94. The average molecular weight is 478 g/mol. The third-order valence-corrected chi connectivity index (χ3v) is 7.62. The van der Waals surface area contributed by atoms with E-state index in [2.05, 4.69) is 26.5 Å². The van der Waals surface area contributed by atoms with Gasteiger partial charge in [0.25, 0.3) is 5.91 Å². The number of carbonyl (C=O) groups excluding carboxylic acids is 1. The third-order valence-electron chi connectivity index (χ3n) is 7.62. The summed E-state index contributed by atoms with van der Waals surface area (Å²) in [5.74, 6) is 8.10. The number of hydrogen-bond acceptors (Lipinski definition) is 5. The van der Waals surface area contributed by atoms with E-state index in [1.165, 1.54) is 0 Å². The molecule has 2 aromatic heterocycles. The van der Waals surface area contributed by atoms with Crippen molar-refractivity contribution in [2.45, 2.75) is 50.0 Å². The van der Waals surface area contributed by atoms with E-state index in [-0.39, 0.29) is 16.9 Å². The number of nitrogens with zero attached hydrogens (tertiary/aromatic N) is 3. The maximum Gasteiger partial charge on any atom is 0.296 e. The summed E-state index contributed by atoms with van der Waals surface area (Å²) >= 11 is 0. The first kappa shape index (κ1) is 22.2. The zero-order valence-corrected chi connectivity index (χ0v) is 20.1. The summed E-state index contributed by atoms with van der Waals surface area (Å²) in [4.78, 5) is 21.8. The normalized spacial score (nSPS) is 22.2. The molecule has 2 saturated carbocycles. The van der Waals surface area contributed by atoms with Gasteiger partial charge >= 0.3 is 0 Å². The van der Waals surface area contributed by atoms with E-state index in [0.29, 0.717) is 5.82 Å². The van der Waals surface area contributed by atoms with Crippen LogP contribution in [0.5, 0.6) is 11.5 Å². The predicted molar refractivity (Wildman–Crippen MR) is 138 cm³/mol. The number of aromatic nitrogens is 3. The highest BCUT2D eigenvalue weighted by Crippen LogP contribution is 2.57. The van der Waals surface area contributed by atoms with Crippen molar-refractivity contribution in [3.05, 3.63) is 72.8 Å². The van der Waals surface area contributed by atoms with Gasteiger partial charge in [0, 0.05) is 28.9 Å². The van der Waals surface area contributed by atoms with E-state index in [4.69, 9.17) is 15.5 Å². The van der Waals surface area contributed by atoms with Crippen LogP contribution in [0, 0.1) is 11.8 Å². The van der Waals surface area contributed by atoms with Crippen molar-refractivity contribution < 1.29 is 9.53 Å². The van der Waals surface area contributed by atoms with Gasteiger partial charge in [0.2, 0.25) is 0 Å². The summed E-state index contributed by atoms with van der Waals surface area (Å²) in [6.45, 7) is 1.68. The fraction of sp³-hybridized carbons (Fsp3) is 0.276. The number of rotatable bonds is 5. The molecule has 4 aromatic rings.